The van der Waals surface area contributed by atoms with Crippen LogP contribution in [0.2, 0.25) is 0 Å². The average molecular weight is 195 g/mol. The van der Waals surface area contributed by atoms with Gasteiger partial charge in [-0.1, -0.05) is 13.0 Å². The van der Waals surface area contributed by atoms with E-state index < -0.39 is 0 Å². The third-order valence-corrected chi connectivity index (χ3v) is 2.38. The van der Waals surface area contributed by atoms with Crippen LogP contribution in [-0.2, 0) is 11.2 Å². The van der Waals surface area contributed by atoms with Gasteiger partial charge in [-0.3, -0.25) is 4.79 Å². The van der Waals surface area contributed by atoms with E-state index in [1.54, 1.807) is 17.4 Å². The van der Waals surface area contributed by atoms with Gasteiger partial charge in [-0.25, -0.2) is 4.98 Å². The molecule has 0 aromatic carbocycles. The zero-order chi connectivity index (χ0) is 9.68. The molecule has 0 radical (unpaired) electrons. The van der Waals surface area contributed by atoms with Gasteiger partial charge in [0.2, 0.25) is 0 Å². The van der Waals surface area contributed by atoms with E-state index in [-0.39, 0.29) is 5.78 Å². The number of carbonyl (C=O) groups excluding carboxylic acids is 1. The van der Waals surface area contributed by atoms with Crippen molar-refractivity contribution < 1.29 is 4.79 Å². The van der Waals surface area contributed by atoms with Gasteiger partial charge in [0.05, 0.1) is 17.1 Å². The standard InChI is InChI=1S/C10H13NOS/c1-3-4-5-10(12)6-9-7-13-8(2)11-9/h4-5,7H,3,6H2,1-2H3/b5-4+. The van der Waals surface area contributed by atoms with Gasteiger partial charge in [0.1, 0.15) is 0 Å². The van der Waals surface area contributed by atoms with E-state index in [2.05, 4.69) is 4.98 Å². The highest BCUT2D eigenvalue weighted by molar-refractivity contribution is 7.09. The van der Waals surface area contributed by atoms with E-state index in [9.17, 15) is 4.79 Å². The molecular weight excluding hydrogens is 182 g/mol. The van der Waals surface area contributed by atoms with Gasteiger partial charge in [-0.05, 0) is 19.4 Å². The fraction of sp³-hybridized carbons (Fsp3) is 0.400. The minimum absolute atomic E-state index is 0.132. The highest BCUT2D eigenvalue weighted by Crippen LogP contribution is 2.08. The molecule has 1 aromatic rings. The van der Waals surface area contributed by atoms with Gasteiger partial charge in [0, 0.05) is 5.38 Å². The number of carbonyl (C=O) groups is 1. The molecule has 13 heavy (non-hydrogen) atoms. The summed E-state index contributed by atoms with van der Waals surface area (Å²) in [5.74, 6) is 0.132. The first kappa shape index (κ1) is 10.1. The number of hydrogen-bond acceptors (Lipinski definition) is 3. The molecular formula is C10H13NOS. The highest BCUT2D eigenvalue weighted by Gasteiger charge is 2.02. The molecule has 3 heteroatoms. The van der Waals surface area contributed by atoms with Crippen molar-refractivity contribution in [2.75, 3.05) is 0 Å². The predicted octanol–water partition coefficient (Wildman–Crippen LogP) is 2.53. The molecule has 1 aromatic heterocycles. The Morgan fingerprint density at radius 3 is 3.00 bits per heavy atom. The third-order valence-electron chi connectivity index (χ3n) is 1.56. The molecule has 0 unspecified atom stereocenters. The quantitative estimate of drug-likeness (QED) is 0.691. The van der Waals surface area contributed by atoms with Crippen molar-refractivity contribution in [1.29, 1.82) is 0 Å². The van der Waals surface area contributed by atoms with Gasteiger partial charge >= 0.3 is 0 Å². The topological polar surface area (TPSA) is 30.0 Å². The molecule has 2 nitrogen and oxygen atoms in total. The van der Waals surface area contributed by atoms with Gasteiger partial charge in [-0.2, -0.15) is 0 Å². The number of hydrogen-bond donors (Lipinski definition) is 0. The second kappa shape index (κ2) is 4.92. The van der Waals surface area contributed by atoms with E-state index in [1.165, 1.54) is 0 Å². The van der Waals surface area contributed by atoms with Crippen molar-refractivity contribution in [2.24, 2.45) is 0 Å². The van der Waals surface area contributed by atoms with E-state index in [1.807, 2.05) is 25.3 Å². The average Bonchev–Trinajstić information content (AvgIpc) is 2.48. The number of thiazole rings is 1. The molecule has 1 heterocycles. The summed E-state index contributed by atoms with van der Waals surface area (Å²) >= 11 is 1.58. The lowest BCUT2D eigenvalue weighted by molar-refractivity contribution is -0.114. The summed E-state index contributed by atoms with van der Waals surface area (Å²) in [5.41, 5.74) is 0.883. The maximum absolute atomic E-state index is 11.3. The number of allylic oxidation sites excluding steroid dienone is 2. The maximum atomic E-state index is 11.3. The number of aromatic nitrogens is 1. The molecule has 0 N–H and O–H groups in total. The summed E-state index contributed by atoms with van der Waals surface area (Å²) in [6.45, 7) is 3.96. The largest absolute Gasteiger partial charge is 0.294 e. The Bertz CT molecular complexity index is 314. The van der Waals surface area contributed by atoms with Crippen molar-refractivity contribution in [1.82, 2.24) is 4.98 Å². The van der Waals surface area contributed by atoms with Gasteiger partial charge < -0.3 is 0 Å². The fourth-order valence-electron chi connectivity index (χ4n) is 0.976. The summed E-state index contributed by atoms with van der Waals surface area (Å²) in [4.78, 5) is 15.5. The Morgan fingerprint density at radius 2 is 2.46 bits per heavy atom. The summed E-state index contributed by atoms with van der Waals surface area (Å²) in [6, 6.07) is 0. The van der Waals surface area contributed by atoms with E-state index in [0.29, 0.717) is 6.42 Å². The Morgan fingerprint density at radius 1 is 1.69 bits per heavy atom. The SMILES string of the molecule is CC/C=C/C(=O)Cc1csc(C)n1. The first-order chi connectivity index (χ1) is 6.22. The van der Waals surface area contributed by atoms with E-state index in [4.69, 9.17) is 0 Å². The molecule has 0 amide bonds. The monoisotopic (exact) mass is 195 g/mol. The predicted molar refractivity (Wildman–Crippen MR) is 55.0 cm³/mol. The lowest BCUT2D eigenvalue weighted by atomic mass is 10.2. The summed E-state index contributed by atoms with van der Waals surface area (Å²) in [5, 5.41) is 2.95. The van der Waals surface area contributed by atoms with Crippen LogP contribution >= 0.6 is 11.3 Å². The van der Waals surface area contributed by atoms with Crippen molar-refractivity contribution in [3.8, 4) is 0 Å². The Kier molecular flexibility index (Phi) is 3.83. The molecule has 0 aliphatic carbocycles. The molecule has 0 fully saturated rings. The Balaban J connectivity index is 2.50. The van der Waals surface area contributed by atoms with Crippen LogP contribution in [0.3, 0.4) is 0 Å². The van der Waals surface area contributed by atoms with Crippen LogP contribution in [0, 0.1) is 6.92 Å². The molecule has 0 saturated carbocycles. The van der Waals surface area contributed by atoms with Crippen LogP contribution in [0.15, 0.2) is 17.5 Å². The first-order valence-electron chi connectivity index (χ1n) is 4.32. The van der Waals surface area contributed by atoms with Crippen LogP contribution in [0.5, 0.6) is 0 Å². The second-order valence-electron chi connectivity index (χ2n) is 2.81. The maximum Gasteiger partial charge on any atom is 0.161 e. The summed E-state index contributed by atoms with van der Waals surface area (Å²) < 4.78 is 0. The van der Waals surface area contributed by atoms with E-state index >= 15 is 0 Å². The van der Waals surface area contributed by atoms with Gasteiger partial charge in [0.25, 0.3) is 0 Å². The molecule has 1 rings (SSSR count). The molecule has 0 atom stereocenters. The van der Waals surface area contributed by atoms with E-state index in [0.717, 1.165) is 17.1 Å². The Labute approximate surface area is 82.3 Å². The molecule has 70 valence electrons. The normalized spacial score (nSPS) is 10.9. The number of rotatable bonds is 4. The number of ketones is 1. The van der Waals surface area contributed by atoms with Crippen LogP contribution in [0.25, 0.3) is 0 Å². The first-order valence-corrected chi connectivity index (χ1v) is 5.20. The third kappa shape index (κ3) is 3.51. The fourth-order valence-corrected chi connectivity index (χ4v) is 1.59. The van der Waals surface area contributed by atoms with Crippen LogP contribution in [0.1, 0.15) is 24.0 Å². The van der Waals surface area contributed by atoms with Crippen molar-refractivity contribution in [3.05, 3.63) is 28.2 Å². The molecule has 0 aliphatic rings. The van der Waals surface area contributed by atoms with Crippen LogP contribution in [0.4, 0.5) is 0 Å². The summed E-state index contributed by atoms with van der Waals surface area (Å²) in [7, 11) is 0. The zero-order valence-electron chi connectivity index (χ0n) is 7.91. The van der Waals surface area contributed by atoms with Crippen molar-refractivity contribution in [3.63, 3.8) is 0 Å². The number of aryl methyl sites for hydroxylation is 1. The van der Waals surface area contributed by atoms with Crippen molar-refractivity contribution in [2.45, 2.75) is 26.7 Å². The molecule has 0 aliphatic heterocycles. The zero-order valence-corrected chi connectivity index (χ0v) is 8.73. The lowest BCUT2D eigenvalue weighted by Gasteiger charge is -1.89. The Hall–Kier alpha value is -0.960. The molecule has 0 spiro atoms. The smallest absolute Gasteiger partial charge is 0.161 e. The highest BCUT2D eigenvalue weighted by atomic mass is 32.1. The lowest BCUT2D eigenvalue weighted by Crippen LogP contribution is -1.98. The van der Waals surface area contributed by atoms with Gasteiger partial charge in [-0.15, -0.1) is 11.3 Å². The molecule has 0 saturated heterocycles. The summed E-state index contributed by atoms with van der Waals surface area (Å²) in [6.07, 6.45) is 4.85. The van der Waals surface area contributed by atoms with Crippen LogP contribution in [-0.4, -0.2) is 10.8 Å². The second-order valence-corrected chi connectivity index (χ2v) is 3.87. The minimum Gasteiger partial charge on any atom is -0.294 e. The van der Waals surface area contributed by atoms with Crippen molar-refractivity contribution >= 4 is 17.1 Å². The van der Waals surface area contributed by atoms with Gasteiger partial charge in [0.15, 0.2) is 5.78 Å². The van der Waals surface area contributed by atoms with Crippen LogP contribution < -0.4 is 0 Å². The minimum atomic E-state index is 0.132. The molecule has 0 bridgehead atoms. The number of nitrogens with zero attached hydrogens (tertiary/aromatic N) is 1.